The van der Waals surface area contributed by atoms with E-state index < -0.39 is 12.0 Å². The number of hydrogen-bond donors (Lipinski definition) is 1. The number of aliphatic carboxylic acids is 1. The molecule has 5 nitrogen and oxygen atoms in total. The molecular formula is C14H16Cl2N2O3. The minimum atomic E-state index is -0.927. The zero-order valence-corrected chi connectivity index (χ0v) is 13.1. The highest BCUT2D eigenvalue weighted by atomic mass is 35.5. The largest absolute Gasteiger partial charge is 0.480 e. The van der Waals surface area contributed by atoms with Crippen LogP contribution >= 0.6 is 23.2 Å². The zero-order valence-electron chi connectivity index (χ0n) is 11.6. The lowest BCUT2D eigenvalue weighted by atomic mass is 9.94. The quantitative estimate of drug-likeness (QED) is 0.906. The number of rotatable bonds is 2. The number of carboxylic acids is 1. The molecule has 0 spiro atoms. The second-order valence-corrected chi connectivity index (χ2v) is 6.59. The first-order valence-electron chi connectivity index (χ1n) is 6.96. The summed E-state index contributed by atoms with van der Waals surface area (Å²) in [6, 6.07) is 0.761. The maximum atomic E-state index is 12.7. The summed E-state index contributed by atoms with van der Waals surface area (Å²) in [6.07, 6.45) is 2.91. The first-order valence-corrected chi connectivity index (χ1v) is 7.72. The standard InChI is InChI=1S/C14H16Cl2N2O3/c1-17-10(5-9(15)12(17)16)13(19)18-6-7-3-2-4-8(7)11(18)14(20)21/h5,7-8,11H,2-4,6H2,1H3,(H,20,21). The Morgan fingerprint density at radius 3 is 2.62 bits per heavy atom. The summed E-state index contributed by atoms with van der Waals surface area (Å²) in [4.78, 5) is 25.8. The number of halogens is 2. The Morgan fingerprint density at radius 1 is 1.33 bits per heavy atom. The number of likely N-dealkylation sites (tertiary alicyclic amines) is 1. The number of nitrogens with zero attached hydrogens (tertiary/aromatic N) is 2. The van der Waals surface area contributed by atoms with Crippen molar-refractivity contribution >= 4 is 35.1 Å². The van der Waals surface area contributed by atoms with Crippen LogP contribution in [0.15, 0.2) is 6.07 Å². The summed E-state index contributed by atoms with van der Waals surface area (Å²) >= 11 is 11.9. The Balaban J connectivity index is 1.93. The zero-order chi connectivity index (χ0) is 15.3. The fourth-order valence-corrected chi connectivity index (χ4v) is 4.10. The predicted molar refractivity (Wildman–Crippen MR) is 78.7 cm³/mol. The summed E-state index contributed by atoms with van der Waals surface area (Å²) in [7, 11) is 1.65. The topological polar surface area (TPSA) is 62.5 Å². The van der Waals surface area contributed by atoms with Crippen LogP contribution in [0.5, 0.6) is 0 Å². The third-order valence-corrected chi connectivity index (χ3v) is 5.58. The summed E-state index contributed by atoms with van der Waals surface area (Å²) in [5.74, 6) is -0.879. The van der Waals surface area contributed by atoms with Gasteiger partial charge in [-0.3, -0.25) is 4.79 Å². The van der Waals surface area contributed by atoms with E-state index in [0.29, 0.717) is 23.2 Å². The van der Waals surface area contributed by atoms with Gasteiger partial charge in [0.2, 0.25) is 0 Å². The maximum Gasteiger partial charge on any atom is 0.326 e. The van der Waals surface area contributed by atoms with E-state index in [9.17, 15) is 14.7 Å². The molecule has 0 aromatic carbocycles. The number of carbonyl (C=O) groups is 2. The monoisotopic (exact) mass is 330 g/mol. The molecule has 1 amide bonds. The third-order valence-electron chi connectivity index (χ3n) is 4.74. The van der Waals surface area contributed by atoms with Crippen molar-refractivity contribution in [2.24, 2.45) is 18.9 Å². The van der Waals surface area contributed by atoms with Crippen molar-refractivity contribution in [2.45, 2.75) is 25.3 Å². The highest BCUT2D eigenvalue weighted by Gasteiger charge is 2.50. The van der Waals surface area contributed by atoms with Gasteiger partial charge in [0.25, 0.3) is 5.91 Å². The third kappa shape index (κ3) is 2.23. The van der Waals surface area contributed by atoms with Crippen molar-refractivity contribution < 1.29 is 14.7 Å². The van der Waals surface area contributed by atoms with Gasteiger partial charge in [0.1, 0.15) is 16.9 Å². The van der Waals surface area contributed by atoms with Gasteiger partial charge in [0.05, 0.1) is 5.02 Å². The van der Waals surface area contributed by atoms with E-state index in [0.717, 1.165) is 19.3 Å². The van der Waals surface area contributed by atoms with Crippen LogP contribution in [-0.2, 0) is 11.8 Å². The summed E-state index contributed by atoms with van der Waals surface area (Å²) in [5, 5.41) is 10.1. The number of carbonyl (C=O) groups excluding carboxylic acids is 1. The second kappa shape index (κ2) is 5.21. The average Bonchev–Trinajstić information content (AvgIpc) is 3.06. The van der Waals surface area contributed by atoms with Crippen LogP contribution < -0.4 is 0 Å². The van der Waals surface area contributed by atoms with Crippen molar-refractivity contribution in [1.29, 1.82) is 0 Å². The molecule has 1 aromatic rings. The van der Waals surface area contributed by atoms with E-state index in [2.05, 4.69) is 0 Å². The lowest BCUT2D eigenvalue weighted by Gasteiger charge is -2.24. The van der Waals surface area contributed by atoms with Gasteiger partial charge in [0.15, 0.2) is 0 Å². The number of aromatic nitrogens is 1. The molecule has 0 radical (unpaired) electrons. The SMILES string of the molecule is Cn1c(C(=O)N2CC3CCCC3C2C(=O)O)cc(Cl)c1Cl. The molecule has 1 aromatic heterocycles. The van der Waals surface area contributed by atoms with Crippen LogP contribution in [0.2, 0.25) is 10.2 Å². The molecule has 1 N–H and O–H groups in total. The Hall–Kier alpha value is -1.20. The van der Waals surface area contributed by atoms with Gasteiger partial charge < -0.3 is 14.6 Å². The van der Waals surface area contributed by atoms with Crippen molar-refractivity contribution in [3.8, 4) is 0 Å². The molecule has 1 aliphatic carbocycles. The molecule has 2 aliphatic rings. The predicted octanol–water partition coefficient (Wildman–Crippen LogP) is 2.66. The van der Waals surface area contributed by atoms with Crippen LogP contribution in [0.25, 0.3) is 0 Å². The van der Waals surface area contributed by atoms with Crippen LogP contribution in [0.1, 0.15) is 29.8 Å². The first kappa shape index (κ1) is 14.7. The maximum absolute atomic E-state index is 12.7. The Morgan fingerprint density at radius 2 is 2.05 bits per heavy atom. The van der Waals surface area contributed by atoms with E-state index in [4.69, 9.17) is 23.2 Å². The molecule has 114 valence electrons. The minimum Gasteiger partial charge on any atom is -0.480 e. The number of hydrogen-bond acceptors (Lipinski definition) is 2. The Labute approximate surface area is 132 Å². The normalized spacial score (nSPS) is 28.0. The van der Waals surface area contributed by atoms with Crippen molar-refractivity contribution in [2.75, 3.05) is 6.54 Å². The fraction of sp³-hybridized carbons (Fsp3) is 0.571. The van der Waals surface area contributed by atoms with Gasteiger partial charge >= 0.3 is 5.97 Å². The van der Waals surface area contributed by atoms with E-state index in [1.165, 1.54) is 15.5 Å². The molecule has 1 aliphatic heterocycles. The molecule has 3 unspecified atom stereocenters. The van der Waals surface area contributed by atoms with Gasteiger partial charge in [-0.15, -0.1) is 0 Å². The molecule has 2 heterocycles. The summed E-state index contributed by atoms with van der Waals surface area (Å²) < 4.78 is 1.50. The first-order chi connectivity index (χ1) is 9.91. The van der Waals surface area contributed by atoms with Crippen molar-refractivity contribution in [1.82, 2.24) is 9.47 Å². The number of amides is 1. The molecule has 21 heavy (non-hydrogen) atoms. The van der Waals surface area contributed by atoms with E-state index in [1.54, 1.807) is 7.05 Å². The van der Waals surface area contributed by atoms with Gasteiger partial charge in [-0.05, 0) is 30.7 Å². The van der Waals surface area contributed by atoms with Gasteiger partial charge in [-0.2, -0.15) is 0 Å². The number of fused-ring (bicyclic) bond motifs is 1. The molecule has 1 saturated heterocycles. The Kier molecular flexibility index (Phi) is 3.66. The lowest BCUT2D eigenvalue weighted by Crippen LogP contribution is -2.43. The van der Waals surface area contributed by atoms with Gasteiger partial charge in [0, 0.05) is 13.6 Å². The molecule has 1 saturated carbocycles. The average molecular weight is 331 g/mol. The molecule has 7 heteroatoms. The van der Waals surface area contributed by atoms with Gasteiger partial charge in [-0.25, -0.2) is 4.79 Å². The molecule has 0 bridgehead atoms. The Bertz CT molecular complexity index is 614. The van der Waals surface area contributed by atoms with E-state index in [-0.39, 0.29) is 17.0 Å². The molecule has 3 rings (SSSR count). The van der Waals surface area contributed by atoms with E-state index in [1.807, 2.05) is 0 Å². The highest BCUT2D eigenvalue weighted by Crippen LogP contribution is 2.43. The van der Waals surface area contributed by atoms with Crippen LogP contribution in [0, 0.1) is 11.8 Å². The minimum absolute atomic E-state index is 0.0673. The lowest BCUT2D eigenvalue weighted by molar-refractivity contribution is -0.142. The van der Waals surface area contributed by atoms with Gasteiger partial charge in [-0.1, -0.05) is 29.6 Å². The molecule has 3 atom stereocenters. The van der Waals surface area contributed by atoms with Crippen molar-refractivity contribution in [3.63, 3.8) is 0 Å². The fourth-order valence-electron chi connectivity index (χ4n) is 3.73. The van der Waals surface area contributed by atoms with Crippen LogP contribution in [-0.4, -0.2) is 39.0 Å². The summed E-state index contributed by atoms with van der Waals surface area (Å²) in [5.41, 5.74) is 0.330. The smallest absolute Gasteiger partial charge is 0.326 e. The van der Waals surface area contributed by atoms with Crippen LogP contribution in [0.4, 0.5) is 0 Å². The van der Waals surface area contributed by atoms with Crippen molar-refractivity contribution in [3.05, 3.63) is 21.9 Å². The summed E-state index contributed by atoms with van der Waals surface area (Å²) in [6.45, 7) is 0.501. The second-order valence-electron chi connectivity index (χ2n) is 5.82. The van der Waals surface area contributed by atoms with E-state index >= 15 is 0 Å². The molecular weight excluding hydrogens is 315 g/mol. The molecule has 2 fully saturated rings. The highest BCUT2D eigenvalue weighted by molar-refractivity contribution is 6.41. The number of carboxylic acid groups (broad SMARTS) is 1. The van der Waals surface area contributed by atoms with Crippen LogP contribution in [0.3, 0.4) is 0 Å².